The molecular formula is C13H18O3. The smallest absolute Gasteiger partial charge is 0.306 e. The first-order valence-corrected chi connectivity index (χ1v) is 5.43. The molecule has 0 radical (unpaired) electrons. The summed E-state index contributed by atoms with van der Waals surface area (Å²) in [5.74, 6) is -1.08. The van der Waals surface area contributed by atoms with Crippen molar-refractivity contribution < 1.29 is 14.6 Å². The van der Waals surface area contributed by atoms with Gasteiger partial charge in [0.2, 0.25) is 0 Å². The molecule has 1 aromatic carbocycles. The van der Waals surface area contributed by atoms with Crippen LogP contribution in [0.4, 0.5) is 0 Å². The highest BCUT2D eigenvalue weighted by atomic mass is 16.5. The van der Waals surface area contributed by atoms with Crippen LogP contribution in [0.15, 0.2) is 24.3 Å². The summed E-state index contributed by atoms with van der Waals surface area (Å²) in [5.41, 5.74) is 2.26. The first kappa shape index (κ1) is 12.7. The van der Waals surface area contributed by atoms with Gasteiger partial charge in [-0.2, -0.15) is 0 Å². The Kier molecular flexibility index (Phi) is 4.99. The molecule has 1 atom stereocenters. The molecule has 3 heteroatoms. The molecule has 1 unspecified atom stereocenters. The van der Waals surface area contributed by atoms with E-state index in [9.17, 15) is 4.79 Å². The molecule has 1 aromatic rings. The molecule has 0 aliphatic heterocycles. The second-order valence-corrected chi connectivity index (χ2v) is 4.01. The molecule has 0 spiro atoms. The highest BCUT2D eigenvalue weighted by Gasteiger charge is 2.11. The van der Waals surface area contributed by atoms with Gasteiger partial charge in [0.15, 0.2) is 0 Å². The molecule has 0 aromatic heterocycles. The molecule has 88 valence electrons. The van der Waals surface area contributed by atoms with Crippen molar-refractivity contribution in [3.63, 3.8) is 0 Å². The Bertz CT molecular complexity index is 347. The molecule has 0 heterocycles. The Morgan fingerprint density at radius 3 is 2.75 bits per heavy atom. The van der Waals surface area contributed by atoms with Gasteiger partial charge in [0.25, 0.3) is 0 Å². The maximum Gasteiger partial charge on any atom is 0.306 e. The zero-order valence-electron chi connectivity index (χ0n) is 9.77. The van der Waals surface area contributed by atoms with Crippen molar-refractivity contribution in [2.24, 2.45) is 5.92 Å². The quantitative estimate of drug-likeness (QED) is 0.802. The normalized spacial score (nSPS) is 12.4. The van der Waals surface area contributed by atoms with Gasteiger partial charge in [-0.05, 0) is 24.0 Å². The van der Waals surface area contributed by atoms with Crippen LogP contribution in [0, 0.1) is 5.92 Å². The van der Waals surface area contributed by atoms with E-state index in [2.05, 4.69) is 6.07 Å². The van der Waals surface area contributed by atoms with Crippen molar-refractivity contribution in [3.8, 4) is 0 Å². The average molecular weight is 222 g/mol. The fraction of sp³-hybridized carbons (Fsp3) is 0.462. The van der Waals surface area contributed by atoms with Crippen LogP contribution in [0.1, 0.15) is 18.1 Å². The van der Waals surface area contributed by atoms with E-state index in [1.165, 1.54) is 5.56 Å². The number of ether oxygens (including phenoxy) is 1. The summed E-state index contributed by atoms with van der Waals surface area (Å²) < 4.78 is 5.01. The van der Waals surface area contributed by atoms with E-state index in [0.717, 1.165) is 12.0 Å². The van der Waals surface area contributed by atoms with Gasteiger partial charge in [0, 0.05) is 7.11 Å². The Balaban J connectivity index is 2.63. The van der Waals surface area contributed by atoms with Crippen molar-refractivity contribution in [1.82, 2.24) is 0 Å². The zero-order chi connectivity index (χ0) is 12.0. The van der Waals surface area contributed by atoms with Gasteiger partial charge in [0.05, 0.1) is 12.5 Å². The van der Waals surface area contributed by atoms with Crippen LogP contribution in [0.25, 0.3) is 0 Å². The number of carbonyl (C=O) groups is 1. The van der Waals surface area contributed by atoms with E-state index in [4.69, 9.17) is 9.84 Å². The fourth-order valence-corrected chi connectivity index (χ4v) is 1.57. The summed E-state index contributed by atoms with van der Waals surface area (Å²) in [6, 6.07) is 8.02. The van der Waals surface area contributed by atoms with Gasteiger partial charge in [-0.1, -0.05) is 31.2 Å². The molecule has 0 aliphatic carbocycles. The summed E-state index contributed by atoms with van der Waals surface area (Å²) >= 11 is 0. The largest absolute Gasteiger partial charge is 0.481 e. The van der Waals surface area contributed by atoms with E-state index in [1.54, 1.807) is 14.0 Å². The van der Waals surface area contributed by atoms with E-state index >= 15 is 0 Å². The minimum Gasteiger partial charge on any atom is -0.481 e. The topological polar surface area (TPSA) is 46.5 Å². The third kappa shape index (κ3) is 4.03. The zero-order valence-corrected chi connectivity index (χ0v) is 9.77. The lowest BCUT2D eigenvalue weighted by Gasteiger charge is -2.08. The Morgan fingerprint density at radius 1 is 1.44 bits per heavy atom. The van der Waals surface area contributed by atoms with Crippen LogP contribution in [0.3, 0.4) is 0 Å². The van der Waals surface area contributed by atoms with Gasteiger partial charge in [-0.25, -0.2) is 0 Å². The van der Waals surface area contributed by atoms with E-state index in [0.29, 0.717) is 13.0 Å². The molecule has 1 N–H and O–H groups in total. The van der Waals surface area contributed by atoms with E-state index in [-0.39, 0.29) is 5.92 Å². The van der Waals surface area contributed by atoms with Crippen molar-refractivity contribution >= 4 is 5.97 Å². The minimum absolute atomic E-state index is 0.335. The van der Waals surface area contributed by atoms with E-state index in [1.807, 2.05) is 18.2 Å². The highest BCUT2D eigenvalue weighted by molar-refractivity contribution is 5.69. The second-order valence-electron chi connectivity index (χ2n) is 4.01. The lowest BCUT2D eigenvalue weighted by atomic mass is 9.99. The summed E-state index contributed by atoms with van der Waals surface area (Å²) in [4.78, 5) is 10.7. The number of benzene rings is 1. The van der Waals surface area contributed by atoms with Crippen molar-refractivity contribution in [2.75, 3.05) is 13.7 Å². The molecule has 0 saturated heterocycles. The number of rotatable bonds is 6. The van der Waals surface area contributed by atoms with E-state index < -0.39 is 5.97 Å². The van der Waals surface area contributed by atoms with Crippen LogP contribution in [0.2, 0.25) is 0 Å². The number of carboxylic acids is 1. The molecule has 0 fully saturated rings. The molecule has 3 nitrogen and oxygen atoms in total. The Morgan fingerprint density at radius 2 is 2.12 bits per heavy atom. The third-order valence-corrected chi connectivity index (χ3v) is 2.55. The number of hydrogen-bond acceptors (Lipinski definition) is 2. The van der Waals surface area contributed by atoms with Crippen molar-refractivity contribution in [3.05, 3.63) is 35.4 Å². The van der Waals surface area contributed by atoms with Crippen LogP contribution in [-0.4, -0.2) is 24.8 Å². The monoisotopic (exact) mass is 222 g/mol. The molecule has 0 saturated carbocycles. The van der Waals surface area contributed by atoms with Crippen LogP contribution >= 0.6 is 0 Å². The first-order valence-electron chi connectivity index (χ1n) is 5.43. The van der Waals surface area contributed by atoms with Crippen molar-refractivity contribution in [1.29, 1.82) is 0 Å². The van der Waals surface area contributed by atoms with Gasteiger partial charge < -0.3 is 9.84 Å². The molecule has 16 heavy (non-hydrogen) atoms. The lowest BCUT2D eigenvalue weighted by Crippen LogP contribution is -2.12. The maximum absolute atomic E-state index is 10.7. The predicted octanol–water partition coefficient (Wildman–Crippen LogP) is 2.14. The van der Waals surface area contributed by atoms with Crippen molar-refractivity contribution in [2.45, 2.75) is 19.8 Å². The molecule has 0 bridgehead atoms. The summed E-state index contributed by atoms with van der Waals surface area (Å²) in [5, 5.41) is 8.83. The maximum atomic E-state index is 10.7. The van der Waals surface area contributed by atoms with Gasteiger partial charge in [-0.15, -0.1) is 0 Å². The van der Waals surface area contributed by atoms with Crippen LogP contribution < -0.4 is 0 Å². The average Bonchev–Trinajstić information content (AvgIpc) is 2.26. The number of carboxylic acid groups (broad SMARTS) is 1. The highest BCUT2D eigenvalue weighted by Crippen LogP contribution is 2.11. The van der Waals surface area contributed by atoms with Crippen LogP contribution in [-0.2, 0) is 22.4 Å². The molecule has 0 amide bonds. The fourth-order valence-electron chi connectivity index (χ4n) is 1.57. The summed E-state index contributed by atoms with van der Waals surface area (Å²) in [7, 11) is 1.68. The number of hydrogen-bond donors (Lipinski definition) is 1. The van der Waals surface area contributed by atoms with Gasteiger partial charge in [0.1, 0.15) is 0 Å². The molecule has 1 rings (SSSR count). The molecule has 0 aliphatic rings. The van der Waals surface area contributed by atoms with Crippen LogP contribution in [0.5, 0.6) is 0 Å². The summed E-state index contributed by atoms with van der Waals surface area (Å²) in [6.07, 6.45) is 1.45. The lowest BCUT2D eigenvalue weighted by molar-refractivity contribution is -0.141. The second kappa shape index (κ2) is 6.28. The predicted molar refractivity (Wildman–Crippen MR) is 62.5 cm³/mol. The SMILES string of the molecule is COCCc1cccc(CC(C)C(=O)O)c1. The number of methoxy groups -OCH3 is 1. The third-order valence-electron chi connectivity index (χ3n) is 2.55. The van der Waals surface area contributed by atoms with Gasteiger partial charge >= 0.3 is 5.97 Å². The summed E-state index contributed by atoms with van der Waals surface area (Å²) in [6.45, 7) is 2.42. The van der Waals surface area contributed by atoms with Gasteiger partial charge in [-0.3, -0.25) is 4.79 Å². The standard InChI is InChI=1S/C13H18O3/c1-10(13(14)15)8-12-5-3-4-11(9-12)6-7-16-2/h3-5,9-10H,6-8H2,1-2H3,(H,14,15). The Labute approximate surface area is 96.1 Å². The Hall–Kier alpha value is -1.35. The minimum atomic E-state index is -0.748. The first-order chi connectivity index (χ1) is 7.63. The number of aliphatic carboxylic acids is 1. The molecular weight excluding hydrogens is 204 g/mol.